The zero-order chi connectivity index (χ0) is 25.9. The van der Waals surface area contributed by atoms with Gasteiger partial charge in [0, 0.05) is 30.5 Å². The van der Waals surface area contributed by atoms with Gasteiger partial charge in [-0.05, 0) is 48.4 Å². The van der Waals surface area contributed by atoms with E-state index >= 15 is 0 Å². The maximum Gasteiger partial charge on any atom is 0.248 e. The van der Waals surface area contributed by atoms with Crippen LogP contribution in [0.3, 0.4) is 0 Å². The molecule has 0 bridgehead atoms. The van der Waals surface area contributed by atoms with E-state index in [4.69, 9.17) is 11.6 Å². The largest absolute Gasteiger partial charge is 0.392 e. The van der Waals surface area contributed by atoms with Crippen LogP contribution in [0.15, 0.2) is 42.7 Å². The van der Waals surface area contributed by atoms with Crippen LogP contribution in [0.2, 0.25) is 5.02 Å². The van der Waals surface area contributed by atoms with Gasteiger partial charge in [0.25, 0.3) is 0 Å². The number of hydrogen-bond acceptors (Lipinski definition) is 5. The van der Waals surface area contributed by atoms with E-state index in [1.807, 2.05) is 24.3 Å². The number of carbonyl (C=O) groups excluding carboxylic acids is 2. The van der Waals surface area contributed by atoms with Crippen LogP contribution in [0.25, 0.3) is 0 Å². The van der Waals surface area contributed by atoms with E-state index in [0.29, 0.717) is 22.8 Å². The molecule has 2 aliphatic rings. The van der Waals surface area contributed by atoms with Crippen molar-refractivity contribution in [1.29, 1.82) is 0 Å². The number of aliphatic hydroxyl groups is 1. The molecule has 36 heavy (non-hydrogen) atoms. The average Bonchev–Trinajstić information content (AvgIpc) is 3.29. The van der Waals surface area contributed by atoms with Gasteiger partial charge < -0.3 is 15.7 Å². The van der Waals surface area contributed by atoms with Crippen molar-refractivity contribution in [2.45, 2.75) is 88.9 Å². The third-order valence-electron chi connectivity index (χ3n) is 7.17. The van der Waals surface area contributed by atoms with Gasteiger partial charge in [0.1, 0.15) is 6.04 Å². The Bertz CT molecular complexity index is 1070. The van der Waals surface area contributed by atoms with Crippen molar-refractivity contribution in [2.75, 3.05) is 11.4 Å². The van der Waals surface area contributed by atoms with E-state index in [2.05, 4.69) is 36.4 Å². The van der Waals surface area contributed by atoms with Gasteiger partial charge in [-0.2, -0.15) is 0 Å². The minimum Gasteiger partial charge on any atom is -0.392 e. The minimum absolute atomic E-state index is 0.0764. The first-order valence-corrected chi connectivity index (χ1v) is 13.3. The smallest absolute Gasteiger partial charge is 0.248 e. The van der Waals surface area contributed by atoms with Gasteiger partial charge in [-0.1, -0.05) is 63.8 Å². The Balaban J connectivity index is 1.79. The van der Waals surface area contributed by atoms with E-state index in [9.17, 15) is 14.7 Å². The normalized spacial score (nSPS) is 21.7. The molecule has 3 N–H and O–H groups in total. The zero-order valence-electron chi connectivity index (χ0n) is 21.3. The Morgan fingerprint density at radius 1 is 1.19 bits per heavy atom. The van der Waals surface area contributed by atoms with Crippen LogP contribution in [0, 0.1) is 0 Å². The molecule has 2 aromatic rings. The standard InChI is InChI=1S/C28H37ClN4O3/c1-28(2,3)19-11-12-24(22(29)14-19)33(27(36)23-15-21(34)17-31-23)25(18-8-7-13-30-16-18)26(35)32-20-9-5-4-6-10-20/h7-8,11-14,16,20-21,23,25,31,34H,4-6,9-10,15,17H2,1-3H3,(H,32,35)/t21-,23-,25?/m1/s1. The van der Waals surface area contributed by atoms with Crippen molar-refractivity contribution in [3.8, 4) is 0 Å². The second-order valence-corrected chi connectivity index (χ2v) is 11.4. The predicted molar refractivity (Wildman–Crippen MR) is 142 cm³/mol. The van der Waals surface area contributed by atoms with Gasteiger partial charge in [0.2, 0.25) is 11.8 Å². The lowest BCUT2D eigenvalue weighted by atomic mass is 9.87. The van der Waals surface area contributed by atoms with Crippen LogP contribution < -0.4 is 15.5 Å². The molecule has 3 atom stereocenters. The van der Waals surface area contributed by atoms with Crippen molar-refractivity contribution in [3.05, 3.63) is 58.9 Å². The summed E-state index contributed by atoms with van der Waals surface area (Å²) >= 11 is 6.83. The molecule has 2 heterocycles. The topological polar surface area (TPSA) is 94.6 Å². The van der Waals surface area contributed by atoms with Gasteiger partial charge >= 0.3 is 0 Å². The number of rotatable bonds is 6. The van der Waals surface area contributed by atoms with E-state index in [1.54, 1.807) is 18.5 Å². The molecule has 1 aromatic carbocycles. The van der Waals surface area contributed by atoms with Crippen LogP contribution in [0.1, 0.15) is 76.5 Å². The highest BCUT2D eigenvalue weighted by atomic mass is 35.5. The molecule has 4 rings (SSSR count). The molecule has 8 heteroatoms. The van der Waals surface area contributed by atoms with E-state index in [0.717, 1.165) is 31.2 Å². The number of aliphatic hydroxyl groups excluding tert-OH is 1. The lowest BCUT2D eigenvalue weighted by Crippen LogP contribution is -2.51. The van der Waals surface area contributed by atoms with Gasteiger partial charge in [0.05, 0.1) is 22.9 Å². The maximum atomic E-state index is 14.0. The summed E-state index contributed by atoms with van der Waals surface area (Å²) in [6.07, 6.45) is 8.11. The van der Waals surface area contributed by atoms with Crippen molar-refractivity contribution in [2.24, 2.45) is 0 Å². The summed E-state index contributed by atoms with van der Waals surface area (Å²) in [4.78, 5) is 33.7. The molecule has 1 saturated carbocycles. The van der Waals surface area contributed by atoms with Crippen molar-refractivity contribution in [1.82, 2.24) is 15.6 Å². The summed E-state index contributed by atoms with van der Waals surface area (Å²) in [7, 11) is 0. The Morgan fingerprint density at radius 2 is 1.94 bits per heavy atom. The van der Waals surface area contributed by atoms with E-state index in [1.165, 1.54) is 11.3 Å². The SMILES string of the molecule is CC(C)(C)c1ccc(N(C(=O)[C@H]2C[C@@H](O)CN2)C(C(=O)NC2CCCCC2)c2cccnc2)c(Cl)c1. The summed E-state index contributed by atoms with van der Waals surface area (Å²) < 4.78 is 0. The van der Waals surface area contributed by atoms with Crippen LogP contribution in [-0.4, -0.2) is 46.6 Å². The predicted octanol–water partition coefficient (Wildman–Crippen LogP) is 4.28. The lowest BCUT2D eigenvalue weighted by molar-refractivity contribution is -0.128. The number of aromatic nitrogens is 1. The fraction of sp³-hybridized carbons (Fsp3) is 0.536. The monoisotopic (exact) mass is 512 g/mol. The van der Waals surface area contributed by atoms with Crippen molar-refractivity contribution >= 4 is 29.1 Å². The highest BCUT2D eigenvalue weighted by Gasteiger charge is 2.40. The number of hydrogen-bond donors (Lipinski definition) is 3. The van der Waals surface area contributed by atoms with Crippen LogP contribution >= 0.6 is 11.6 Å². The molecular weight excluding hydrogens is 476 g/mol. The van der Waals surface area contributed by atoms with Crippen molar-refractivity contribution in [3.63, 3.8) is 0 Å². The number of pyridine rings is 1. The summed E-state index contributed by atoms with van der Waals surface area (Å²) in [5.74, 6) is -0.553. The molecule has 1 saturated heterocycles. The number of carbonyl (C=O) groups is 2. The number of benzene rings is 1. The lowest BCUT2D eigenvalue weighted by Gasteiger charge is -2.35. The minimum atomic E-state index is -0.953. The van der Waals surface area contributed by atoms with E-state index < -0.39 is 18.2 Å². The Labute approximate surface area is 218 Å². The Hall–Kier alpha value is -2.48. The fourth-order valence-electron chi connectivity index (χ4n) is 5.11. The number of nitrogens with one attached hydrogen (secondary N) is 2. The first-order valence-electron chi connectivity index (χ1n) is 12.9. The number of β-amino-alcohol motifs (C(OH)–C–C–N with tert-alkyl or cyclic N) is 1. The highest BCUT2D eigenvalue weighted by molar-refractivity contribution is 6.34. The zero-order valence-corrected chi connectivity index (χ0v) is 22.1. The summed E-state index contributed by atoms with van der Waals surface area (Å²) in [6.45, 7) is 6.62. The number of halogens is 1. The summed E-state index contributed by atoms with van der Waals surface area (Å²) in [5.41, 5.74) is 1.97. The van der Waals surface area contributed by atoms with Gasteiger partial charge in [-0.3, -0.25) is 19.5 Å². The fourth-order valence-corrected chi connectivity index (χ4v) is 5.38. The first kappa shape index (κ1) is 26.6. The summed E-state index contributed by atoms with van der Waals surface area (Å²) in [5, 5.41) is 16.8. The third-order valence-corrected chi connectivity index (χ3v) is 7.48. The van der Waals surface area contributed by atoms with Crippen LogP contribution in [0.4, 0.5) is 5.69 Å². The highest BCUT2D eigenvalue weighted by Crippen LogP contribution is 2.37. The number of nitrogens with zero attached hydrogens (tertiary/aromatic N) is 2. The molecule has 1 aliphatic heterocycles. The maximum absolute atomic E-state index is 14.0. The van der Waals surface area contributed by atoms with Gasteiger partial charge in [-0.15, -0.1) is 0 Å². The van der Waals surface area contributed by atoms with Gasteiger partial charge in [-0.25, -0.2) is 0 Å². The second-order valence-electron chi connectivity index (χ2n) is 11.0. The van der Waals surface area contributed by atoms with E-state index in [-0.39, 0.29) is 29.7 Å². The quantitative estimate of drug-likeness (QED) is 0.537. The first-order chi connectivity index (χ1) is 17.1. The second kappa shape index (κ2) is 11.3. The number of anilines is 1. The molecule has 1 unspecified atom stereocenters. The molecule has 0 radical (unpaired) electrons. The number of amides is 2. The molecule has 2 fully saturated rings. The van der Waals surface area contributed by atoms with Crippen LogP contribution in [0.5, 0.6) is 0 Å². The summed E-state index contributed by atoms with van der Waals surface area (Å²) in [6, 6.07) is 7.72. The molecule has 1 aromatic heterocycles. The molecule has 2 amide bonds. The Kier molecular flexibility index (Phi) is 8.33. The Morgan fingerprint density at radius 3 is 2.53 bits per heavy atom. The third kappa shape index (κ3) is 6.07. The molecule has 1 aliphatic carbocycles. The molecule has 0 spiro atoms. The van der Waals surface area contributed by atoms with Crippen LogP contribution in [-0.2, 0) is 15.0 Å². The molecular formula is C28H37ClN4O3. The molecule has 194 valence electrons. The molecule has 7 nitrogen and oxygen atoms in total. The van der Waals surface area contributed by atoms with Gasteiger partial charge in [0.15, 0.2) is 0 Å². The van der Waals surface area contributed by atoms with Crippen molar-refractivity contribution < 1.29 is 14.7 Å². The average molecular weight is 513 g/mol.